The molecule has 27 heavy (non-hydrogen) atoms. The molecule has 9 heteroatoms. The van der Waals surface area contributed by atoms with Gasteiger partial charge < -0.3 is 18.8 Å². The lowest BCUT2D eigenvalue weighted by Crippen LogP contribution is -2.41. The fourth-order valence-electron chi connectivity index (χ4n) is 2.41. The molecule has 0 saturated carbocycles. The number of carbonyl (C=O) groups is 2. The highest BCUT2D eigenvalue weighted by Gasteiger charge is 2.52. The van der Waals surface area contributed by atoms with Gasteiger partial charge in [0.1, 0.15) is 12.4 Å². The van der Waals surface area contributed by atoms with Gasteiger partial charge in [0.2, 0.25) is 0 Å². The molecule has 6 nitrogen and oxygen atoms in total. The van der Waals surface area contributed by atoms with Gasteiger partial charge in [-0.15, -0.1) is 0 Å². The molecule has 1 aromatic carbocycles. The third-order valence-electron chi connectivity index (χ3n) is 4.66. The molecule has 0 radical (unpaired) electrons. The lowest BCUT2D eigenvalue weighted by Gasteiger charge is -2.32. The van der Waals surface area contributed by atoms with Gasteiger partial charge in [-0.3, -0.25) is 4.79 Å². The number of esters is 2. The second-order valence-electron chi connectivity index (χ2n) is 7.13. The lowest BCUT2D eigenvalue weighted by molar-refractivity contribution is -0.143. The summed E-state index contributed by atoms with van der Waals surface area (Å²) in [6.07, 6.45) is -0.0809. The van der Waals surface area contributed by atoms with E-state index in [1.54, 1.807) is 6.92 Å². The van der Waals surface area contributed by atoms with Crippen molar-refractivity contribution in [1.82, 2.24) is 0 Å². The van der Waals surface area contributed by atoms with Crippen molar-refractivity contribution in [1.29, 1.82) is 0 Å². The number of hydrogen-bond acceptors (Lipinski definition) is 6. The Morgan fingerprint density at radius 3 is 2.30 bits per heavy atom. The largest absolute Gasteiger partial charge is 0.497 e. The maximum absolute atomic E-state index is 14.4. The van der Waals surface area contributed by atoms with Crippen LogP contribution in [-0.4, -0.2) is 43.5 Å². The number of rotatable bonds is 6. The molecule has 0 spiro atoms. The summed E-state index contributed by atoms with van der Waals surface area (Å²) in [5.74, 6) is -1.91. The minimum Gasteiger partial charge on any atom is -0.466 e. The van der Waals surface area contributed by atoms with Gasteiger partial charge in [-0.25, -0.2) is 9.18 Å². The highest BCUT2D eigenvalue weighted by Crippen LogP contribution is 2.37. The van der Waals surface area contributed by atoms with Gasteiger partial charge in [-0.2, -0.15) is 0 Å². The number of hydrogen-bond donors (Lipinski definition) is 0. The zero-order chi connectivity index (χ0) is 20.4. The molecule has 1 saturated heterocycles. The van der Waals surface area contributed by atoms with Crippen molar-refractivity contribution < 1.29 is 32.8 Å². The summed E-state index contributed by atoms with van der Waals surface area (Å²) in [7, 11) is -0.988. The molecule has 0 amide bonds. The standard InChI is InChI=1S/C18H23BClFO6/c1-6-24-15(22)7-8-25-16(23)11-9-12(14(21)10-13(11)20)19-26-17(2,3)18(4,5)27-19/h9-10H,6-8H2,1-5H3. The van der Waals surface area contributed by atoms with Crippen LogP contribution in [0.4, 0.5) is 4.39 Å². The summed E-state index contributed by atoms with van der Waals surface area (Å²) < 4.78 is 35.9. The van der Waals surface area contributed by atoms with E-state index in [0.29, 0.717) is 0 Å². The van der Waals surface area contributed by atoms with Crippen LogP contribution in [0.15, 0.2) is 12.1 Å². The molecule has 1 fully saturated rings. The molecule has 0 bridgehead atoms. The topological polar surface area (TPSA) is 71.1 Å². The minimum absolute atomic E-state index is 0.0355. The normalized spacial score (nSPS) is 17.7. The summed E-state index contributed by atoms with van der Waals surface area (Å²) in [4.78, 5) is 23.6. The molecule has 0 atom stereocenters. The van der Waals surface area contributed by atoms with Crippen LogP contribution >= 0.6 is 11.6 Å². The van der Waals surface area contributed by atoms with E-state index in [4.69, 9.17) is 30.4 Å². The second-order valence-corrected chi connectivity index (χ2v) is 7.54. The molecule has 148 valence electrons. The fourth-order valence-corrected chi connectivity index (χ4v) is 2.64. The van der Waals surface area contributed by atoms with Crippen LogP contribution in [0.1, 0.15) is 51.4 Å². The average molecular weight is 401 g/mol. The highest BCUT2D eigenvalue weighted by molar-refractivity contribution is 6.62. The van der Waals surface area contributed by atoms with Crippen molar-refractivity contribution in [3.05, 3.63) is 28.5 Å². The summed E-state index contributed by atoms with van der Waals surface area (Å²) in [6, 6.07) is 2.27. The van der Waals surface area contributed by atoms with Crippen molar-refractivity contribution in [3.8, 4) is 0 Å². The number of benzene rings is 1. The van der Waals surface area contributed by atoms with Crippen molar-refractivity contribution >= 4 is 36.1 Å². The van der Waals surface area contributed by atoms with Crippen LogP contribution in [0, 0.1) is 5.82 Å². The molecule has 2 rings (SSSR count). The van der Waals surface area contributed by atoms with Crippen LogP contribution in [0.5, 0.6) is 0 Å². The smallest absolute Gasteiger partial charge is 0.466 e. The molecule has 0 aliphatic carbocycles. The second kappa shape index (κ2) is 8.16. The van der Waals surface area contributed by atoms with E-state index in [0.717, 1.165) is 6.07 Å². The third kappa shape index (κ3) is 4.80. The van der Waals surface area contributed by atoms with Gasteiger partial charge in [0.25, 0.3) is 0 Å². The molecule has 1 heterocycles. The Kier molecular flexibility index (Phi) is 6.55. The van der Waals surface area contributed by atoms with Crippen LogP contribution in [0.2, 0.25) is 5.02 Å². The van der Waals surface area contributed by atoms with E-state index in [9.17, 15) is 14.0 Å². The van der Waals surface area contributed by atoms with Crippen molar-refractivity contribution in [2.75, 3.05) is 13.2 Å². The third-order valence-corrected chi connectivity index (χ3v) is 4.97. The Balaban J connectivity index is 2.16. The summed E-state index contributed by atoms with van der Waals surface area (Å²) in [6.45, 7) is 9.11. The Labute approximate surface area is 163 Å². The Morgan fingerprint density at radius 2 is 1.74 bits per heavy atom. The molecule has 0 aromatic heterocycles. The van der Waals surface area contributed by atoms with E-state index >= 15 is 0 Å². The van der Waals surface area contributed by atoms with Gasteiger partial charge in [0.05, 0.1) is 34.8 Å². The SMILES string of the molecule is CCOC(=O)CCOC(=O)c1cc(B2OC(C)(C)C(C)(C)O2)c(F)cc1Cl. The molecular formula is C18H23BClFO6. The van der Waals surface area contributed by atoms with Crippen LogP contribution in [-0.2, 0) is 23.6 Å². The molecular weight excluding hydrogens is 377 g/mol. The van der Waals surface area contributed by atoms with Gasteiger partial charge in [0.15, 0.2) is 0 Å². The number of ether oxygens (including phenoxy) is 2. The molecule has 1 aromatic rings. The maximum atomic E-state index is 14.4. The summed E-state index contributed by atoms with van der Waals surface area (Å²) in [5, 5.41) is -0.103. The predicted octanol–water partition coefficient (Wildman–Crippen LogP) is 2.89. The molecule has 0 unspecified atom stereocenters. The fraction of sp³-hybridized carbons (Fsp3) is 0.556. The van der Waals surface area contributed by atoms with Gasteiger partial charge in [-0.1, -0.05) is 11.6 Å². The van der Waals surface area contributed by atoms with Crippen molar-refractivity contribution in [3.63, 3.8) is 0 Å². The molecule has 1 aliphatic rings. The van der Waals surface area contributed by atoms with E-state index in [2.05, 4.69) is 0 Å². The average Bonchev–Trinajstić information content (AvgIpc) is 2.75. The van der Waals surface area contributed by atoms with Gasteiger partial charge >= 0.3 is 19.1 Å². The highest BCUT2D eigenvalue weighted by atomic mass is 35.5. The van der Waals surface area contributed by atoms with E-state index < -0.39 is 36.1 Å². The number of halogens is 2. The summed E-state index contributed by atoms with van der Waals surface area (Å²) >= 11 is 5.99. The van der Waals surface area contributed by atoms with E-state index in [1.165, 1.54) is 6.07 Å². The van der Waals surface area contributed by atoms with Gasteiger partial charge in [0, 0.05) is 5.46 Å². The zero-order valence-corrected chi connectivity index (χ0v) is 16.8. The zero-order valence-electron chi connectivity index (χ0n) is 16.1. The Hall–Kier alpha value is -1.64. The first-order chi connectivity index (χ1) is 12.5. The van der Waals surface area contributed by atoms with Gasteiger partial charge in [-0.05, 0) is 46.8 Å². The first-order valence-electron chi connectivity index (χ1n) is 8.66. The molecule has 1 aliphatic heterocycles. The first kappa shape index (κ1) is 21.7. The Morgan fingerprint density at radius 1 is 1.15 bits per heavy atom. The predicted molar refractivity (Wildman–Crippen MR) is 98.7 cm³/mol. The van der Waals surface area contributed by atoms with Crippen molar-refractivity contribution in [2.45, 2.75) is 52.2 Å². The van der Waals surface area contributed by atoms with Crippen LogP contribution in [0.3, 0.4) is 0 Å². The van der Waals surface area contributed by atoms with E-state index in [-0.39, 0.29) is 35.7 Å². The first-order valence-corrected chi connectivity index (χ1v) is 9.03. The van der Waals surface area contributed by atoms with E-state index in [1.807, 2.05) is 27.7 Å². The Bertz CT molecular complexity index is 721. The van der Waals surface area contributed by atoms with Crippen molar-refractivity contribution in [2.24, 2.45) is 0 Å². The molecule has 0 N–H and O–H groups in total. The number of carbonyl (C=O) groups excluding carboxylic acids is 2. The summed E-state index contributed by atoms with van der Waals surface area (Å²) in [5.41, 5.74) is -1.31. The lowest BCUT2D eigenvalue weighted by atomic mass is 9.78. The quantitative estimate of drug-likeness (QED) is 0.540. The minimum atomic E-state index is -0.988. The monoisotopic (exact) mass is 400 g/mol. The maximum Gasteiger partial charge on any atom is 0.497 e. The van der Waals surface area contributed by atoms with Crippen LogP contribution in [0.25, 0.3) is 0 Å². The van der Waals surface area contributed by atoms with Crippen LogP contribution < -0.4 is 5.46 Å².